The Balaban J connectivity index is 2.42. The van der Waals surface area contributed by atoms with Gasteiger partial charge in [-0.15, -0.1) is 0 Å². The number of carbonyl (C=O) groups excluding carboxylic acids is 1. The summed E-state index contributed by atoms with van der Waals surface area (Å²) in [5.74, 6) is 0.412. The van der Waals surface area contributed by atoms with Crippen molar-refractivity contribution in [2.24, 2.45) is 5.73 Å². The number of rotatable bonds is 7. The van der Waals surface area contributed by atoms with E-state index < -0.39 is 0 Å². The van der Waals surface area contributed by atoms with Gasteiger partial charge >= 0.3 is 5.97 Å². The van der Waals surface area contributed by atoms with Crippen molar-refractivity contribution in [1.82, 2.24) is 0 Å². The molecule has 0 aliphatic heterocycles. The summed E-state index contributed by atoms with van der Waals surface area (Å²) < 4.78 is 15.2. The molecule has 5 nitrogen and oxygen atoms in total. The van der Waals surface area contributed by atoms with Gasteiger partial charge in [-0.2, -0.15) is 0 Å². The van der Waals surface area contributed by atoms with Gasteiger partial charge in [-0.1, -0.05) is 12.1 Å². The minimum Gasteiger partial charge on any atom is -0.497 e. The molecule has 100 valence electrons. The summed E-state index contributed by atoms with van der Waals surface area (Å²) in [4.78, 5) is 11.5. The molecule has 1 rings (SSSR count). The molecule has 1 atom stereocenters. The van der Waals surface area contributed by atoms with Crippen LogP contribution in [0.25, 0.3) is 0 Å². The number of methoxy groups -OCH3 is 2. The van der Waals surface area contributed by atoms with Gasteiger partial charge in [0, 0.05) is 13.7 Å². The number of benzene rings is 1. The van der Waals surface area contributed by atoms with Crippen LogP contribution >= 0.6 is 0 Å². The van der Waals surface area contributed by atoms with Gasteiger partial charge in [-0.3, -0.25) is 4.79 Å². The van der Waals surface area contributed by atoms with Crippen molar-refractivity contribution in [3.05, 3.63) is 29.8 Å². The van der Waals surface area contributed by atoms with Crippen LogP contribution in [0, 0.1) is 0 Å². The second kappa shape index (κ2) is 7.68. The molecule has 0 spiro atoms. The van der Waals surface area contributed by atoms with E-state index in [2.05, 4.69) is 0 Å². The third-order valence-corrected chi connectivity index (χ3v) is 2.52. The molecule has 0 aliphatic carbocycles. The van der Waals surface area contributed by atoms with E-state index in [1.807, 2.05) is 24.3 Å². The van der Waals surface area contributed by atoms with Crippen molar-refractivity contribution >= 4 is 5.97 Å². The van der Waals surface area contributed by atoms with Gasteiger partial charge in [0.25, 0.3) is 0 Å². The highest BCUT2D eigenvalue weighted by Crippen LogP contribution is 2.13. The summed E-state index contributed by atoms with van der Waals surface area (Å²) in [6.07, 6.45) is -0.125. The van der Waals surface area contributed by atoms with E-state index >= 15 is 0 Å². The fourth-order valence-electron chi connectivity index (χ4n) is 1.43. The molecule has 1 aromatic rings. The van der Waals surface area contributed by atoms with Gasteiger partial charge < -0.3 is 19.9 Å². The summed E-state index contributed by atoms with van der Waals surface area (Å²) in [6, 6.07) is 7.37. The highest BCUT2D eigenvalue weighted by atomic mass is 16.5. The summed E-state index contributed by atoms with van der Waals surface area (Å²) in [6.45, 7) is 0.516. The molecule has 1 aromatic carbocycles. The first-order valence-corrected chi connectivity index (χ1v) is 5.71. The summed E-state index contributed by atoms with van der Waals surface area (Å²) in [7, 11) is 3.11. The SMILES string of the molecule is COc1cccc(COC(=O)CC(CN)OC)c1. The Kier molecular flexibility index (Phi) is 6.18. The van der Waals surface area contributed by atoms with Crippen molar-refractivity contribution in [3.8, 4) is 5.75 Å². The largest absolute Gasteiger partial charge is 0.497 e. The van der Waals surface area contributed by atoms with E-state index in [0.29, 0.717) is 6.54 Å². The Hall–Kier alpha value is -1.59. The Labute approximate surface area is 107 Å². The number of hydrogen-bond acceptors (Lipinski definition) is 5. The molecular formula is C13H19NO4. The fraction of sp³-hybridized carbons (Fsp3) is 0.462. The molecule has 0 aliphatic rings. The Morgan fingerprint density at radius 3 is 2.78 bits per heavy atom. The Morgan fingerprint density at radius 2 is 2.17 bits per heavy atom. The first kappa shape index (κ1) is 14.5. The van der Waals surface area contributed by atoms with Gasteiger partial charge in [-0.25, -0.2) is 0 Å². The van der Waals surface area contributed by atoms with Crippen LogP contribution in [0.2, 0.25) is 0 Å². The maximum atomic E-state index is 11.5. The van der Waals surface area contributed by atoms with E-state index in [4.69, 9.17) is 19.9 Å². The molecule has 0 heterocycles. The van der Waals surface area contributed by atoms with Crippen molar-refractivity contribution in [1.29, 1.82) is 0 Å². The van der Waals surface area contributed by atoms with Crippen LogP contribution in [0.4, 0.5) is 0 Å². The second-order valence-electron chi connectivity index (χ2n) is 3.81. The van der Waals surface area contributed by atoms with Crippen LogP contribution in [-0.2, 0) is 20.9 Å². The highest BCUT2D eigenvalue weighted by molar-refractivity contribution is 5.70. The topological polar surface area (TPSA) is 70.8 Å². The molecule has 18 heavy (non-hydrogen) atoms. The molecule has 0 fully saturated rings. The van der Waals surface area contributed by atoms with E-state index in [0.717, 1.165) is 11.3 Å². The molecule has 0 amide bonds. The third-order valence-electron chi connectivity index (χ3n) is 2.52. The number of ether oxygens (including phenoxy) is 3. The van der Waals surface area contributed by atoms with Gasteiger partial charge in [0.2, 0.25) is 0 Å². The third kappa shape index (κ3) is 4.73. The summed E-state index contributed by atoms with van der Waals surface area (Å²) in [5.41, 5.74) is 6.31. The second-order valence-corrected chi connectivity index (χ2v) is 3.81. The predicted octanol–water partition coefficient (Wildman–Crippen LogP) is 1.10. The molecule has 0 radical (unpaired) electrons. The Bertz CT molecular complexity index is 377. The van der Waals surface area contributed by atoms with Crippen molar-refractivity contribution in [2.75, 3.05) is 20.8 Å². The standard InChI is InChI=1S/C13H19NO4/c1-16-11-5-3-4-10(6-11)9-18-13(15)7-12(8-14)17-2/h3-6,12H,7-9,14H2,1-2H3. The van der Waals surface area contributed by atoms with Crippen molar-refractivity contribution in [3.63, 3.8) is 0 Å². The minimum absolute atomic E-state index is 0.164. The lowest BCUT2D eigenvalue weighted by Gasteiger charge is -2.12. The lowest BCUT2D eigenvalue weighted by molar-refractivity contribution is -0.147. The molecular weight excluding hydrogens is 234 g/mol. The van der Waals surface area contributed by atoms with E-state index in [9.17, 15) is 4.79 Å². The lowest BCUT2D eigenvalue weighted by atomic mass is 10.2. The zero-order valence-electron chi connectivity index (χ0n) is 10.7. The van der Waals surface area contributed by atoms with E-state index in [-0.39, 0.29) is 25.1 Å². The van der Waals surface area contributed by atoms with Gasteiger partial charge in [0.1, 0.15) is 12.4 Å². The quantitative estimate of drug-likeness (QED) is 0.737. The first-order chi connectivity index (χ1) is 8.69. The zero-order chi connectivity index (χ0) is 13.4. The molecule has 0 aromatic heterocycles. The average Bonchev–Trinajstić information content (AvgIpc) is 2.42. The van der Waals surface area contributed by atoms with Crippen LogP contribution < -0.4 is 10.5 Å². The Morgan fingerprint density at radius 1 is 1.39 bits per heavy atom. The van der Waals surface area contributed by atoms with Gasteiger partial charge in [0.05, 0.1) is 19.6 Å². The van der Waals surface area contributed by atoms with E-state index in [1.54, 1.807) is 7.11 Å². The zero-order valence-corrected chi connectivity index (χ0v) is 10.7. The van der Waals surface area contributed by atoms with Crippen LogP contribution in [-0.4, -0.2) is 32.8 Å². The number of esters is 1. The molecule has 0 saturated carbocycles. The maximum absolute atomic E-state index is 11.5. The number of carbonyl (C=O) groups is 1. The van der Waals surface area contributed by atoms with Crippen LogP contribution in [0.3, 0.4) is 0 Å². The van der Waals surface area contributed by atoms with Crippen LogP contribution in [0.15, 0.2) is 24.3 Å². The highest BCUT2D eigenvalue weighted by Gasteiger charge is 2.12. The predicted molar refractivity (Wildman–Crippen MR) is 67.3 cm³/mol. The normalized spacial score (nSPS) is 11.9. The molecule has 0 bridgehead atoms. The number of nitrogens with two attached hydrogens (primary N) is 1. The number of hydrogen-bond donors (Lipinski definition) is 1. The minimum atomic E-state index is -0.324. The summed E-state index contributed by atoms with van der Waals surface area (Å²) in [5, 5.41) is 0. The molecule has 2 N–H and O–H groups in total. The average molecular weight is 253 g/mol. The fourth-order valence-corrected chi connectivity index (χ4v) is 1.43. The van der Waals surface area contributed by atoms with E-state index in [1.165, 1.54) is 7.11 Å². The molecule has 1 unspecified atom stereocenters. The smallest absolute Gasteiger partial charge is 0.308 e. The van der Waals surface area contributed by atoms with Gasteiger partial charge in [-0.05, 0) is 17.7 Å². The monoisotopic (exact) mass is 253 g/mol. The molecule has 5 heteroatoms. The van der Waals surface area contributed by atoms with Crippen molar-refractivity contribution < 1.29 is 19.0 Å². The van der Waals surface area contributed by atoms with Crippen LogP contribution in [0.1, 0.15) is 12.0 Å². The lowest BCUT2D eigenvalue weighted by Crippen LogP contribution is -2.26. The maximum Gasteiger partial charge on any atom is 0.308 e. The molecule has 0 saturated heterocycles. The summed E-state index contributed by atoms with van der Waals surface area (Å²) >= 11 is 0. The first-order valence-electron chi connectivity index (χ1n) is 5.71. The van der Waals surface area contributed by atoms with Crippen molar-refractivity contribution in [2.45, 2.75) is 19.1 Å². The van der Waals surface area contributed by atoms with Gasteiger partial charge in [0.15, 0.2) is 0 Å². The van der Waals surface area contributed by atoms with Crippen LogP contribution in [0.5, 0.6) is 5.75 Å².